The minimum Gasteiger partial charge on any atom is -0.497 e. The zero-order valence-electron chi connectivity index (χ0n) is 14.0. The van der Waals surface area contributed by atoms with Gasteiger partial charge in [-0.2, -0.15) is 0 Å². The number of amides is 1. The van der Waals surface area contributed by atoms with E-state index in [0.717, 1.165) is 44.7 Å². The van der Waals surface area contributed by atoms with Gasteiger partial charge in [-0.05, 0) is 42.9 Å². The molecule has 126 valence electrons. The third-order valence-corrected chi connectivity index (χ3v) is 4.34. The highest BCUT2D eigenvalue weighted by Crippen LogP contribution is 2.19. The fraction of sp³-hybridized carbons (Fsp3) is 0.526. The topological polar surface area (TPSA) is 38.8 Å². The van der Waals surface area contributed by atoms with E-state index in [0.29, 0.717) is 18.9 Å². The SMILES string of the molecule is C=CCOCC1CCN(C(=O)CCc2ccc(OC)cc2)CC1. The molecule has 4 nitrogen and oxygen atoms in total. The monoisotopic (exact) mass is 317 g/mol. The molecule has 1 aliphatic heterocycles. The summed E-state index contributed by atoms with van der Waals surface area (Å²) in [6.45, 7) is 6.74. The van der Waals surface area contributed by atoms with Gasteiger partial charge in [0.2, 0.25) is 5.91 Å². The van der Waals surface area contributed by atoms with Crippen molar-refractivity contribution in [2.24, 2.45) is 5.92 Å². The summed E-state index contributed by atoms with van der Waals surface area (Å²) in [6.07, 6.45) is 5.20. The summed E-state index contributed by atoms with van der Waals surface area (Å²) in [7, 11) is 1.66. The summed E-state index contributed by atoms with van der Waals surface area (Å²) < 4.78 is 10.7. The number of hydrogen-bond donors (Lipinski definition) is 0. The summed E-state index contributed by atoms with van der Waals surface area (Å²) in [5.74, 6) is 1.67. The molecule has 1 aromatic carbocycles. The quantitative estimate of drug-likeness (QED) is 0.546. The van der Waals surface area contributed by atoms with Crippen LogP contribution in [0.5, 0.6) is 5.75 Å². The van der Waals surface area contributed by atoms with E-state index in [1.807, 2.05) is 29.2 Å². The molecule has 23 heavy (non-hydrogen) atoms. The van der Waals surface area contributed by atoms with E-state index < -0.39 is 0 Å². The van der Waals surface area contributed by atoms with Crippen LogP contribution in [0.4, 0.5) is 0 Å². The van der Waals surface area contributed by atoms with Gasteiger partial charge in [0.05, 0.1) is 13.7 Å². The van der Waals surface area contributed by atoms with Crippen LogP contribution in [0.3, 0.4) is 0 Å². The van der Waals surface area contributed by atoms with Gasteiger partial charge in [-0.1, -0.05) is 18.2 Å². The molecule has 0 radical (unpaired) electrons. The molecule has 1 fully saturated rings. The molecule has 0 bridgehead atoms. The smallest absolute Gasteiger partial charge is 0.222 e. The van der Waals surface area contributed by atoms with Crippen molar-refractivity contribution >= 4 is 5.91 Å². The van der Waals surface area contributed by atoms with Gasteiger partial charge >= 0.3 is 0 Å². The van der Waals surface area contributed by atoms with Crippen LogP contribution in [0.2, 0.25) is 0 Å². The molecule has 0 N–H and O–H groups in total. The number of ether oxygens (including phenoxy) is 2. The van der Waals surface area contributed by atoms with Crippen molar-refractivity contribution in [1.29, 1.82) is 0 Å². The summed E-state index contributed by atoms with van der Waals surface area (Å²) in [4.78, 5) is 14.3. The average molecular weight is 317 g/mol. The van der Waals surface area contributed by atoms with Crippen molar-refractivity contribution in [3.63, 3.8) is 0 Å². The molecule has 0 aliphatic carbocycles. The minimum atomic E-state index is 0.256. The second-order valence-electron chi connectivity index (χ2n) is 6.00. The highest BCUT2D eigenvalue weighted by Gasteiger charge is 2.22. The van der Waals surface area contributed by atoms with Gasteiger partial charge in [0, 0.05) is 26.1 Å². The van der Waals surface area contributed by atoms with Crippen molar-refractivity contribution in [2.75, 3.05) is 33.4 Å². The van der Waals surface area contributed by atoms with E-state index in [2.05, 4.69) is 6.58 Å². The molecule has 0 atom stereocenters. The van der Waals surface area contributed by atoms with E-state index in [1.165, 1.54) is 5.56 Å². The Morgan fingerprint density at radius 2 is 2.00 bits per heavy atom. The van der Waals surface area contributed by atoms with Crippen LogP contribution in [-0.2, 0) is 16.0 Å². The second-order valence-corrected chi connectivity index (χ2v) is 6.00. The first-order valence-electron chi connectivity index (χ1n) is 8.32. The van der Waals surface area contributed by atoms with Crippen LogP contribution >= 0.6 is 0 Å². The molecule has 1 heterocycles. The molecule has 0 spiro atoms. The number of rotatable bonds is 8. The van der Waals surface area contributed by atoms with Gasteiger partial charge in [-0.3, -0.25) is 4.79 Å². The summed E-state index contributed by atoms with van der Waals surface area (Å²) >= 11 is 0. The van der Waals surface area contributed by atoms with Crippen LogP contribution in [0.25, 0.3) is 0 Å². The lowest BCUT2D eigenvalue weighted by Crippen LogP contribution is -2.39. The van der Waals surface area contributed by atoms with Gasteiger partial charge in [-0.25, -0.2) is 0 Å². The van der Waals surface area contributed by atoms with Crippen molar-refractivity contribution in [3.8, 4) is 5.75 Å². The second kappa shape index (κ2) is 9.36. The molecule has 0 saturated carbocycles. The highest BCUT2D eigenvalue weighted by atomic mass is 16.5. The third-order valence-electron chi connectivity index (χ3n) is 4.34. The maximum atomic E-state index is 12.3. The fourth-order valence-corrected chi connectivity index (χ4v) is 2.87. The van der Waals surface area contributed by atoms with Crippen LogP contribution in [0, 0.1) is 5.92 Å². The number of carbonyl (C=O) groups is 1. The van der Waals surface area contributed by atoms with Crippen LogP contribution < -0.4 is 4.74 Å². The zero-order valence-corrected chi connectivity index (χ0v) is 14.0. The van der Waals surface area contributed by atoms with Gasteiger partial charge in [0.15, 0.2) is 0 Å². The molecular formula is C19H27NO3. The number of methoxy groups -OCH3 is 1. The highest BCUT2D eigenvalue weighted by molar-refractivity contribution is 5.76. The molecule has 4 heteroatoms. The minimum absolute atomic E-state index is 0.256. The van der Waals surface area contributed by atoms with Gasteiger partial charge < -0.3 is 14.4 Å². The fourth-order valence-electron chi connectivity index (χ4n) is 2.87. The van der Waals surface area contributed by atoms with E-state index in [1.54, 1.807) is 13.2 Å². The Balaban J connectivity index is 1.69. The van der Waals surface area contributed by atoms with Gasteiger partial charge in [0.1, 0.15) is 5.75 Å². The van der Waals surface area contributed by atoms with Crippen LogP contribution in [-0.4, -0.2) is 44.2 Å². The molecule has 2 rings (SSSR count). The standard InChI is InChI=1S/C19H27NO3/c1-3-14-23-15-17-10-12-20(13-11-17)19(21)9-6-16-4-7-18(22-2)8-5-16/h3-5,7-8,17H,1,6,9-15H2,2H3. The van der Waals surface area contributed by atoms with E-state index in [4.69, 9.17) is 9.47 Å². The summed E-state index contributed by atoms with van der Waals surface area (Å²) in [6, 6.07) is 7.92. The molecule has 0 unspecified atom stereocenters. The predicted molar refractivity (Wildman–Crippen MR) is 91.6 cm³/mol. The van der Waals surface area contributed by atoms with E-state index in [-0.39, 0.29) is 5.91 Å². The van der Waals surface area contributed by atoms with Gasteiger partial charge in [-0.15, -0.1) is 6.58 Å². The van der Waals surface area contributed by atoms with E-state index in [9.17, 15) is 4.79 Å². The Morgan fingerprint density at radius 3 is 2.61 bits per heavy atom. The molecule has 1 saturated heterocycles. The number of nitrogens with zero attached hydrogens (tertiary/aromatic N) is 1. The summed E-state index contributed by atoms with van der Waals surface area (Å²) in [5.41, 5.74) is 1.17. The Kier molecular flexibility index (Phi) is 7.14. The number of hydrogen-bond acceptors (Lipinski definition) is 3. The Morgan fingerprint density at radius 1 is 1.30 bits per heavy atom. The number of benzene rings is 1. The Labute approximate surface area is 139 Å². The Bertz CT molecular complexity index is 490. The van der Waals surface area contributed by atoms with E-state index >= 15 is 0 Å². The van der Waals surface area contributed by atoms with Crippen molar-refractivity contribution < 1.29 is 14.3 Å². The first-order valence-corrected chi connectivity index (χ1v) is 8.32. The number of piperidine rings is 1. The number of aryl methyl sites for hydroxylation is 1. The third kappa shape index (κ3) is 5.71. The molecular weight excluding hydrogens is 290 g/mol. The van der Waals surface area contributed by atoms with Crippen molar-refractivity contribution in [1.82, 2.24) is 4.90 Å². The lowest BCUT2D eigenvalue weighted by molar-refractivity contribution is -0.132. The molecule has 1 aliphatic rings. The Hall–Kier alpha value is -1.81. The average Bonchev–Trinajstić information content (AvgIpc) is 2.61. The first kappa shape index (κ1) is 17.5. The number of likely N-dealkylation sites (tertiary alicyclic amines) is 1. The largest absolute Gasteiger partial charge is 0.497 e. The molecule has 1 aromatic rings. The first-order chi connectivity index (χ1) is 11.2. The lowest BCUT2D eigenvalue weighted by atomic mass is 9.97. The van der Waals surface area contributed by atoms with Crippen molar-refractivity contribution in [3.05, 3.63) is 42.5 Å². The zero-order chi connectivity index (χ0) is 16.5. The predicted octanol–water partition coefficient (Wildman–Crippen LogP) is 3.07. The van der Waals surface area contributed by atoms with Crippen LogP contribution in [0.1, 0.15) is 24.8 Å². The molecule has 1 amide bonds. The van der Waals surface area contributed by atoms with Crippen LogP contribution in [0.15, 0.2) is 36.9 Å². The maximum absolute atomic E-state index is 12.3. The molecule has 0 aromatic heterocycles. The van der Waals surface area contributed by atoms with Gasteiger partial charge in [0.25, 0.3) is 0 Å². The summed E-state index contributed by atoms with van der Waals surface area (Å²) in [5, 5.41) is 0. The maximum Gasteiger partial charge on any atom is 0.222 e. The normalized spacial score (nSPS) is 15.4. The number of carbonyl (C=O) groups excluding carboxylic acids is 1. The lowest BCUT2D eigenvalue weighted by Gasteiger charge is -2.32. The van der Waals surface area contributed by atoms with Crippen molar-refractivity contribution in [2.45, 2.75) is 25.7 Å².